The number of carbonyl (C=O) groups is 2. The second-order valence-corrected chi connectivity index (χ2v) is 4.39. The molecule has 0 spiro atoms. The van der Waals surface area contributed by atoms with Gasteiger partial charge in [-0.1, -0.05) is 13.8 Å². The van der Waals surface area contributed by atoms with Crippen LogP contribution in [0.15, 0.2) is 18.5 Å². The molecule has 18 heavy (non-hydrogen) atoms. The van der Waals surface area contributed by atoms with E-state index in [0.29, 0.717) is 6.42 Å². The van der Waals surface area contributed by atoms with Crippen molar-refractivity contribution in [2.75, 3.05) is 0 Å². The number of aliphatic carboxylic acids is 1. The zero-order chi connectivity index (χ0) is 13.7. The summed E-state index contributed by atoms with van der Waals surface area (Å²) in [4.78, 5) is 26.2. The lowest BCUT2D eigenvalue weighted by Crippen LogP contribution is -2.41. The molecule has 0 saturated heterocycles. The SMILES string of the molecule is CC(C)C[C@H](NC(=O)c1cncc(F)c1)C(=O)O. The largest absolute Gasteiger partial charge is 0.480 e. The molecule has 0 unspecified atom stereocenters. The van der Waals surface area contributed by atoms with E-state index in [0.717, 1.165) is 12.3 Å². The standard InChI is InChI=1S/C12H15FN2O3/c1-7(2)3-10(12(17)18)15-11(16)8-4-9(13)6-14-5-8/h4-7,10H,3H2,1-2H3,(H,15,16)(H,17,18)/t10-/m0/s1. The summed E-state index contributed by atoms with van der Waals surface area (Å²) in [5.41, 5.74) is 0.00464. The van der Waals surface area contributed by atoms with Gasteiger partial charge in [-0.2, -0.15) is 0 Å². The van der Waals surface area contributed by atoms with Crippen molar-refractivity contribution >= 4 is 11.9 Å². The summed E-state index contributed by atoms with van der Waals surface area (Å²) in [6.45, 7) is 3.71. The molecule has 0 fully saturated rings. The number of carbonyl (C=O) groups excluding carboxylic acids is 1. The lowest BCUT2D eigenvalue weighted by atomic mass is 10.0. The van der Waals surface area contributed by atoms with E-state index >= 15 is 0 Å². The van der Waals surface area contributed by atoms with Crippen molar-refractivity contribution in [1.82, 2.24) is 10.3 Å². The highest BCUT2D eigenvalue weighted by molar-refractivity contribution is 5.96. The van der Waals surface area contributed by atoms with Crippen LogP contribution in [-0.4, -0.2) is 28.0 Å². The molecule has 1 amide bonds. The molecule has 1 rings (SSSR count). The second kappa shape index (κ2) is 6.09. The monoisotopic (exact) mass is 254 g/mol. The van der Waals surface area contributed by atoms with Crippen LogP contribution in [0.2, 0.25) is 0 Å². The molecule has 0 aromatic carbocycles. The maximum absolute atomic E-state index is 12.9. The summed E-state index contributed by atoms with van der Waals surface area (Å²) in [6, 6.07) is 0.0251. The number of nitrogens with zero attached hydrogens (tertiary/aromatic N) is 1. The Labute approximate surface area is 104 Å². The maximum atomic E-state index is 12.9. The Hall–Kier alpha value is -1.98. The molecule has 1 heterocycles. The second-order valence-electron chi connectivity index (χ2n) is 4.39. The third-order valence-corrected chi connectivity index (χ3v) is 2.28. The Morgan fingerprint density at radius 1 is 1.44 bits per heavy atom. The van der Waals surface area contributed by atoms with E-state index in [1.807, 2.05) is 13.8 Å². The number of carboxylic acids is 1. The van der Waals surface area contributed by atoms with Crippen molar-refractivity contribution in [3.05, 3.63) is 29.8 Å². The van der Waals surface area contributed by atoms with E-state index in [4.69, 9.17) is 5.11 Å². The van der Waals surface area contributed by atoms with E-state index in [2.05, 4.69) is 10.3 Å². The Morgan fingerprint density at radius 3 is 2.61 bits per heavy atom. The minimum atomic E-state index is -1.11. The zero-order valence-electron chi connectivity index (χ0n) is 10.2. The van der Waals surface area contributed by atoms with Crippen LogP contribution in [0, 0.1) is 11.7 Å². The van der Waals surface area contributed by atoms with Crippen LogP contribution in [0.5, 0.6) is 0 Å². The molecular formula is C12H15FN2O3. The fourth-order valence-electron chi connectivity index (χ4n) is 1.47. The molecule has 0 radical (unpaired) electrons. The number of aromatic nitrogens is 1. The van der Waals surface area contributed by atoms with E-state index in [9.17, 15) is 14.0 Å². The molecule has 0 bridgehead atoms. The maximum Gasteiger partial charge on any atom is 0.326 e. The summed E-state index contributed by atoms with van der Waals surface area (Å²) in [5.74, 6) is -2.27. The van der Waals surface area contributed by atoms with Crippen LogP contribution in [0.1, 0.15) is 30.6 Å². The van der Waals surface area contributed by atoms with Crippen LogP contribution in [-0.2, 0) is 4.79 Å². The third-order valence-electron chi connectivity index (χ3n) is 2.28. The number of hydrogen-bond donors (Lipinski definition) is 2. The molecule has 5 nitrogen and oxygen atoms in total. The number of halogens is 1. The molecular weight excluding hydrogens is 239 g/mol. The van der Waals surface area contributed by atoms with E-state index < -0.39 is 23.7 Å². The van der Waals surface area contributed by atoms with Crippen molar-refractivity contribution in [3.8, 4) is 0 Å². The molecule has 0 saturated carbocycles. The highest BCUT2D eigenvalue weighted by atomic mass is 19.1. The molecule has 2 N–H and O–H groups in total. The van der Waals surface area contributed by atoms with Gasteiger partial charge in [-0.15, -0.1) is 0 Å². The predicted octanol–water partition coefficient (Wildman–Crippen LogP) is 1.45. The molecule has 0 aliphatic carbocycles. The summed E-state index contributed by atoms with van der Waals surface area (Å²) >= 11 is 0. The number of rotatable bonds is 5. The van der Waals surface area contributed by atoms with Crippen LogP contribution in [0.4, 0.5) is 4.39 Å². The van der Waals surface area contributed by atoms with Gasteiger partial charge in [-0.25, -0.2) is 9.18 Å². The molecule has 6 heteroatoms. The molecule has 1 aromatic rings. The fraction of sp³-hybridized carbons (Fsp3) is 0.417. The van der Waals surface area contributed by atoms with Gasteiger partial charge < -0.3 is 10.4 Å². The van der Waals surface area contributed by atoms with Gasteiger partial charge in [-0.3, -0.25) is 9.78 Å². The smallest absolute Gasteiger partial charge is 0.326 e. The van der Waals surface area contributed by atoms with Crippen LogP contribution in [0.25, 0.3) is 0 Å². The Balaban J connectivity index is 2.75. The Kier molecular flexibility index (Phi) is 4.76. The third kappa shape index (κ3) is 4.12. The van der Waals surface area contributed by atoms with Gasteiger partial charge >= 0.3 is 5.97 Å². The number of carboxylic acid groups (broad SMARTS) is 1. The van der Waals surface area contributed by atoms with Crippen LogP contribution in [0.3, 0.4) is 0 Å². The summed E-state index contributed by atoms with van der Waals surface area (Å²) in [5, 5.41) is 11.3. The van der Waals surface area contributed by atoms with Crippen molar-refractivity contribution in [1.29, 1.82) is 0 Å². The topological polar surface area (TPSA) is 79.3 Å². The highest BCUT2D eigenvalue weighted by Gasteiger charge is 2.21. The van der Waals surface area contributed by atoms with Gasteiger partial charge in [0.05, 0.1) is 11.8 Å². The predicted molar refractivity (Wildman–Crippen MR) is 62.5 cm³/mol. The molecule has 1 atom stereocenters. The van der Waals surface area contributed by atoms with Gasteiger partial charge in [0.15, 0.2) is 0 Å². The zero-order valence-corrected chi connectivity index (χ0v) is 10.2. The first-order valence-electron chi connectivity index (χ1n) is 5.54. The molecule has 98 valence electrons. The molecule has 0 aliphatic rings. The summed E-state index contributed by atoms with van der Waals surface area (Å²) in [7, 11) is 0. The van der Waals surface area contributed by atoms with Crippen LogP contribution >= 0.6 is 0 Å². The first kappa shape index (κ1) is 14.1. The van der Waals surface area contributed by atoms with E-state index in [-0.39, 0.29) is 11.5 Å². The Morgan fingerprint density at radius 2 is 2.11 bits per heavy atom. The highest BCUT2D eigenvalue weighted by Crippen LogP contribution is 2.07. The average Bonchev–Trinajstić information content (AvgIpc) is 2.27. The fourth-order valence-corrected chi connectivity index (χ4v) is 1.47. The minimum absolute atomic E-state index is 0.00464. The van der Waals surface area contributed by atoms with Gasteiger partial charge in [0.1, 0.15) is 11.9 Å². The van der Waals surface area contributed by atoms with E-state index in [1.54, 1.807) is 0 Å². The van der Waals surface area contributed by atoms with Gasteiger partial charge in [0.2, 0.25) is 0 Å². The number of pyridine rings is 1. The lowest BCUT2D eigenvalue weighted by Gasteiger charge is -2.16. The van der Waals surface area contributed by atoms with Gasteiger partial charge in [0, 0.05) is 6.20 Å². The van der Waals surface area contributed by atoms with Crippen molar-refractivity contribution < 1.29 is 19.1 Å². The van der Waals surface area contributed by atoms with Crippen LogP contribution < -0.4 is 5.32 Å². The molecule has 1 aromatic heterocycles. The minimum Gasteiger partial charge on any atom is -0.480 e. The summed E-state index contributed by atoms with van der Waals surface area (Å²) in [6.07, 6.45) is 2.47. The van der Waals surface area contributed by atoms with Gasteiger partial charge in [0.25, 0.3) is 5.91 Å². The van der Waals surface area contributed by atoms with Crippen molar-refractivity contribution in [3.63, 3.8) is 0 Å². The number of nitrogens with one attached hydrogen (secondary N) is 1. The number of hydrogen-bond acceptors (Lipinski definition) is 3. The number of amides is 1. The first-order chi connectivity index (χ1) is 8.40. The van der Waals surface area contributed by atoms with Crippen molar-refractivity contribution in [2.45, 2.75) is 26.3 Å². The van der Waals surface area contributed by atoms with E-state index in [1.165, 1.54) is 6.20 Å². The van der Waals surface area contributed by atoms with Gasteiger partial charge in [-0.05, 0) is 18.4 Å². The lowest BCUT2D eigenvalue weighted by molar-refractivity contribution is -0.139. The summed E-state index contributed by atoms with van der Waals surface area (Å²) < 4.78 is 12.9. The normalized spacial score (nSPS) is 12.2. The van der Waals surface area contributed by atoms with Crippen molar-refractivity contribution in [2.24, 2.45) is 5.92 Å². The quantitative estimate of drug-likeness (QED) is 0.833. The molecule has 0 aliphatic heterocycles. The Bertz CT molecular complexity index is 449. The average molecular weight is 254 g/mol. The first-order valence-corrected chi connectivity index (χ1v) is 5.54.